The van der Waals surface area contributed by atoms with Crippen molar-refractivity contribution in [1.29, 1.82) is 0 Å². The third-order valence-corrected chi connectivity index (χ3v) is 3.79. The zero-order valence-corrected chi connectivity index (χ0v) is 12.9. The van der Waals surface area contributed by atoms with Crippen LogP contribution in [0.3, 0.4) is 0 Å². The first-order chi connectivity index (χ1) is 10.7. The van der Waals surface area contributed by atoms with Crippen LogP contribution in [0.1, 0.15) is 10.4 Å². The van der Waals surface area contributed by atoms with Gasteiger partial charge in [0, 0.05) is 10.5 Å². The molecule has 0 unspecified atom stereocenters. The molecule has 0 radical (unpaired) electrons. The first-order valence-electron chi connectivity index (χ1n) is 6.60. The largest absolute Gasteiger partial charge is 0.497 e. The van der Waals surface area contributed by atoms with Crippen LogP contribution in [0.5, 0.6) is 5.75 Å². The maximum absolute atomic E-state index is 11.7. The van der Waals surface area contributed by atoms with Gasteiger partial charge in [-0.1, -0.05) is 18.2 Å². The third-order valence-electron chi connectivity index (χ3n) is 2.78. The Balaban J connectivity index is 1.74. The van der Waals surface area contributed by atoms with Crippen molar-refractivity contribution in [3.05, 3.63) is 60.2 Å². The van der Waals surface area contributed by atoms with Gasteiger partial charge in [-0.05, 0) is 36.4 Å². The summed E-state index contributed by atoms with van der Waals surface area (Å²) >= 11 is 1.38. The van der Waals surface area contributed by atoms with Crippen LogP contribution in [0.25, 0.3) is 0 Å². The summed E-state index contributed by atoms with van der Waals surface area (Å²) in [6.45, 7) is 0. The van der Waals surface area contributed by atoms with Crippen molar-refractivity contribution in [3.8, 4) is 5.75 Å². The van der Waals surface area contributed by atoms with Crippen LogP contribution in [0.4, 0.5) is 0 Å². The molecular formula is C16H16N2O3S. The highest BCUT2D eigenvalue weighted by molar-refractivity contribution is 8.00. The summed E-state index contributed by atoms with van der Waals surface area (Å²) in [6, 6.07) is 16.1. The molecule has 0 fully saturated rings. The Bertz CT molecular complexity index is 630. The van der Waals surface area contributed by atoms with Crippen LogP contribution < -0.4 is 15.6 Å². The van der Waals surface area contributed by atoms with E-state index in [0.29, 0.717) is 5.56 Å². The van der Waals surface area contributed by atoms with Crippen LogP contribution in [0.2, 0.25) is 0 Å². The maximum Gasteiger partial charge on any atom is 0.269 e. The van der Waals surface area contributed by atoms with E-state index in [1.54, 1.807) is 31.4 Å². The van der Waals surface area contributed by atoms with E-state index in [2.05, 4.69) is 10.9 Å². The molecule has 0 aliphatic rings. The second-order valence-corrected chi connectivity index (χ2v) is 5.38. The fourth-order valence-electron chi connectivity index (χ4n) is 1.65. The van der Waals surface area contributed by atoms with Gasteiger partial charge in [-0.15, -0.1) is 11.8 Å². The number of hydrogen-bond acceptors (Lipinski definition) is 4. The number of thioether (sulfide) groups is 1. The number of ether oxygens (including phenoxy) is 1. The molecule has 0 saturated heterocycles. The first-order valence-corrected chi connectivity index (χ1v) is 7.58. The summed E-state index contributed by atoms with van der Waals surface area (Å²) in [4.78, 5) is 24.4. The van der Waals surface area contributed by atoms with Crippen molar-refractivity contribution in [3.63, 3.8) is 0 Å². The summed E-state index contributed by atoms with van der Waals surface area (Å²) in [7, 11) is 1.60. The Labute approximate surface area is 133 Å². The van der Waals surface area contributed by atoms with Gasteiger partial charge in [-0.2, -0.15) is 0 Å². The molecule has 0 aromatic heterocycles. The smallest absolute Gasteiger partial charge is 0.269 e. The number of methoxy groups -OCH3 is 1. The Morgan fingerprint density at radius 1 is 1.00 bits per heavy atom. The van der Waals surface area contributed by atoms with Crippen molar-refractivity contribution >= 4 is 23.6 Å². The average Bonchev–Trinajstić information content (AvgIpc) is 2.59. The molecule has 0 heterocycles. The van der Waals surface area contributed by atoms with E-state index in [9.17, 15) is 9.59 Å². The maximum atomic E-state index is 11.7. The standard InChI is InChI=1S/C16H16N2O3S/c1-21-13-7-9-14(10-8-13)22-11-15(19)17-18-16(20)12-5-3-2-4-6-12/h2-10H,11H2,1H3,(H,17,19)(H,18,20). The second kappa shape index (κ2) is 8.09. The fraction of sp³-hybridized carbons (Fsp3) is 0.125. The molecule has 6 heteroatoms. The summed E-state index contributed by atoms with van der Waals surface area (Å²) in [5.74, 6) is 0.360. The Hall–Kier alpha value is -2.47. The zero-order valence-electron chi connectivity index (χ0n) is 12.0. The summed E-state index contributed by atoms with van der Waals surface area (Å²) < 4.78 is 5.07. The predicted molar refractivity (Wildman–Crippen MR) is 85.8 cm³/mol. The number of rotatable bonds is 5. The SMILES string of the molecule is COc1ccc(SCC(=O)NNC(=O)c2ccccc2)cc1. The highest BCUT2D eigenvalue weighted by Crippen LogP contribution is 2.20. The van der Waals surface area contributed by atoms with Gasteiger partial charge in [0.1, 0.15) is 5.75 Å². The van der Waals surface area contributed by atoms with Crippen LogP contribution in [0, 0.1) is 0 Å². The van der Waals surface area contributed by atoms with Crippen molar-refractivity contribution < 1.29 is 14.3 Å². The molecule has 2 rings (SSSR count). The second-order valence-electron chi connectivity index (χ2n) is 4.33. The Morgan fingerprint density at radius 2 is 1.68 bits per heavy atom. The molecule has 0 aliphatic carbocycles. The number of benzene rings is 2. The van der Waals surface area contributed by atoms with Crippen LogP contribution >= 0.6 is 11.8 Å². The molecule has 0 saturated carbocycles. The summed E-state index contributed by atoms with van der Waals surface area (Å²) in [5.41, 5.74) is 5.26. The molecular weight excluding hydrogens is 300 g/mol. The molecule has 2 aromatic rings. The zero-order chi connectivity index (χ0) is 15.8. The topological polar surface area (TPSA) is 67.4 Å². The van der Waals surface area contributed by atoms with E-state index in [1.165, 1.54) is 11.8 Å². The molecule has 114 valence electrons. The first kappa shape index (κ1) is 15.9. The van der Waals surface area contributed by atoms with E-state index in [0.717, 1.165) is 10.6 Å². The number of hydrazine groups is 1. The minimum absolute atomic E-state index is 0.210. The summed E-state index contributed by atoms with van der Waals surface area (Å²) in [5, 5.41) is 0. The van der Waals surface area contributed by atoms with Gasteiger partial charge < -0.3 is 4.74 Å². The van der Waals surface area contributed by atoms with E-state index in [1.807, 2.05) is 30.3 Å². The molecule has 0 spiro atoms. The lowest BCUT2D eigenvalue weighted by Gasteiger charge is -2.07. The quantitative estimate of drug-likeness (QED) is 0.656. The number of nitrogens with one attached hydrogen (secondary N) is 2. The number of carbonyl (C=O) groups is 2. The van der Waals surface area contributed by atoms with Gasteiger partial charge in [0.25, 0.3) is 5.91 Å². The Kier molecular flexibility index (Phi) is 5.85. The molecule has 0 atom stereocenters. The van der Waals surface area contributed by atoms with E-state index in [4.69, 9.17) is 4.74 Å². The van der Waals surface area contributed by atoms with E-state index in [-0.39, 0.29) is 17.6 Å². The molecule has 2 aromatic carbocycles. The van der Waals surface area contributed by atoms with Gasteiger partial charge in [-0.3, -0.25) is 20.4 Å². The molecule has 2 N–H and O–H groups in total. The lowest BCUT2D eigenvalue weighted by atomic mass is 10.2. The minimum atomic E-state index is -0.344. The van der Waals surface area contributed by atoms with Crippen molar-refractivity contribution in [1.82, 2.24) is 10.9 Å². The van der Waals surface area contributed by atoms with Crippen molar-refractivity contribution in [2.45, 2.75) is 4.90 Å². The van der Waals surface area contributed by atoms with Crippen LogP contribution in [0.15, 0.2) is 59.5 Å². The van der Waals surface area contributed by atoms with Crippen molar-refractivity contribution in [2.24, 2.45) is 0 Å². The van der Waals surface area contributed by atoms with Gasteiger partial charge in [-0.25, -0.2) is 0 Å². The molecule has 22 heavy (non-hydrogen) atoms. The molecule has 5 nitrogen and oxygen atoms in total. The third kappa shape index (κ3) is 4.82. The monoisotopic (exact) mass is 316 g/mol. The lowest BCUT2D eigenvalue weighted by Crippen LogP contribution is -2.42. The average molecular weight is 316 g/mol. The number of amides is 2. The lowest BCUT2D eigenvalue weighted by molar-refractivity contribution is -0.119. The van der Waals surface area contributed by atoms with Gasteiger partial charge in [0.15, 0.2) is 0 Å². The van der Waals surface area contributed by atoms with Gasteiger partial charge >= 0.3 is 0 Å². The predicted octanol–water partition coefficient (Wildman–Crippen LogP) is 2.25. The summed E-state index contributed by atoms with van der Waals surface area (Å²) in [6.07, 6.45) is 0. The Morgan fingerprint density at radius 3 is 2.32 bits per heavy atom. The fourth-order valence-corrected chi connectivity index (χ4v) is 2.34. The van der Waals surface area contributed by atoms with Crippen molar-refractivity contribution in [2.75, 3.05) is 12.9 Å². The van der Waals surface area contributed by atoms with Gasteiger partial charge in [0.05, 0.1) is 12.9 Å². The van der Waals surface area contributed by atoms with Crippen LogP contribution in [-0.2, 0) is 4.79 Å². The molecule has 0 aliphatic heterocycles. The van der Waals surface area contributed by atoms with Gasteiger partial charge in [0.2, 0.25) is 5.91 Å². The molecule has 0 bridgehead atoms. The highest BCUT2D eigenvalue weighted by Gasteiger charge is 2.07. The molecule has 2 amide bonds. The van der Waals surface area contributed by atoms with E-state index >= 15 is 0 Å². The number of carbonyl (C=O) groups excluding carboxylic acids is 2. The number of hydrogen-bond donors (Lipinski definition) is 2. The minimum Gasteiger partial charge on any atom is -0.497 e. The van der Waals surface area contributed by atoms with E-state index < -0.39 is 0 Å². The normalized spacial score (nSPS) is 9.86. The highest BCUT2D eigenvalue weighted by atomic mass is 32.2. The van der Waals surface area contributed by atoms with Crippen LogP contribution in [-0.4, -0.2) is 24.7 Å².